The molecule has 0 saturated heterocycles. The number of ketones is 1. The summed E-state index contributed by atoms with van der Waals surface area (Å²) < 4.78 is 6.14. The van der Waals surface area contributed by atoms with Gasteiger partial charge in [-0.15, -0.1) is 0 Å². The third kappa shape index (κ3) is 7.23. The van der Waals surface area contributed by atoms with Crippen molar-refractivity contribution in [2.45, 2.75) is 57.8 Å². The van der Waals surface area contributed by atoms with Crippen LogP contribution >= 0.6 is 23.2 Å². The zero-order chi connectivity index (χ0) is 20.1. The number of rotatable bonds is 8. The molecule has 0 heterocycles. The first kappa shape index (κ1) is 22.9. The number of carbonyl (C=O) groups excluding carboxylic acids is 1. The van der Waals surface area contributed by atoms with Crippen molar-refractivity contribution in [1.82, 2.24) is 0 Å². The van der Waals surface area contributed by atoms with Crippen LogP contribution in [0.4, 0.5) is 0 Å². The van der Waals surface area contributed by atoms with Gasteiger partial charge < -0.3 is 9.53 Å². The molecule has 0 amide bonds. The minimum absolute atomic E-state index is 0.0144. The Bertz CT molecular complexity index is 693. The highest BCUT2D eigenvalue weighted by atomic mass is 35.5. The predicted octanol–water partition coefficient (Wildman–Crippen LogP) is 5.83. The van der Waals surface area contributed by atoms with Gasteiger partial charge >= 0.3 is 5.97 Å². The molecule has 0 aliphatic carbocycles. The number of hydrogen-bond acceptors (Lipinski definition) is 3. The van der Waals surface area contributed by atoms with Crippen molar-refractivity contribution in [2.75, 3.05) is 0 Å². The van der Waals surface area contributed by atoms with Crippen LogP contribution in [-0.4, -0.2) is 31.3 Å². The first-order chi connectivity index (χ1) is 11.8. The molecule has 1 rings (SSSR count). The second-order valence-electron chi connectivity index (χ2n) is 7.77. The smallest absolute Gasteiger partial charge is 0.305 e. The zero-order valence-electron chi connectivity index (χ0n) is 15.8. The Kier molecular flexibility index (Phi) is 8.08. The van der Waals surface area contributed by atoms with Crippen molar-refractivity contribution in [1.29, 1.82) is 0 Å². The van der Waals surface area contributed by atoms with E-state index in [0.29, 0.717) is 15.6 Å². The summed E-state index contributed by atoms with van der Waals surface area (Å²) in [7, 11) is -2.18. The molecule has 1 N–H and O–H groups in total. The lowest BCUT2D eigenvalue weighted by Crippen LogP contribution is -2.44. The van der Waals surface area contributed by atoms with E-state index in [9.17, 15) is 9.59 Å². The van der Waals surface area contributed by atoms with Gasteiger partial charge in [0.1, 0.15) is 0 Å². The van der Waals surface area contributed by atoms with Crippen LogP contribution in [0.25, 0.3) is 6.08 Å². The number of carboxylic acids is 1. The lowest BCUT2D eigenvalue weighted by Gasteiger charge is -2.38. The molecule has 0 bridgehead atoms. The van der Waals surface area contributed by atoms with Gasteiger partial charge in [-0.2, -0.15) is 0 Å². The first-order valence-electron chi connectivity index (χ1n) is 8.37. The number of allylic oxidation sites excluding steroid dienone is 1. The van der Waals surface area contributed by atoms with Crippen LogP contribution in [0, 0.1) is 0 Å². The molecule has 1 aromatic rings. The number of benzene rings is 1. The topological polar surface area (TPSA) is 63.6 Å². The van der Waals surface area contributed by atoms with Crippen molar-refractivity contribution in [2.24, 2.45) is 0 Å². The number of halogens is 2. The largest absolute Gasteiger partial charge is 0.481 e. The van der Waals surface area contributed by atoms with Crippen molar-refractivity contribution in [3.8, 4) is 0 Å². The third-order valence-corrected chi connectivity index (χ3v) is 9.61. The van der Waals surface area contributed by atoms with E-state index in [1.54, 1.807) is 24.3 Å². The normalized spacial score (nSPS) is 13.8. The summed E-state index contributed by atoms with van der Waals surface area (Å²) in [5.41, 5.74) is 0.671. The van der Waals surface area contributed by atoms with Crippen LogP contribution < -0.4 is 0 Å². The summed E-state index contributed by atoms with van der Waals surface area (Å²) in [6, 6.07) is 5.00. The van der Waals surface area contributed by atoms with E-state index in [1.807, 2.05) is 13.1 Å². The fourth-order valence-corrected chi connectivity index (χ4v) is 3.88. The zero-order valence-corrected chi connectivity index (χ0v) is 18.3. The van der Waals surface area contributed by atoms with E-state index in [4.69, 9.17) is 32.7 Å². The monoisotopic (exact) mass is 416 g/mol. The first-order valence-corrected chi connectivity index (χ1v) is 12.0. The second-order valence-corrected chi connectivity index (χ2v) is 13.4. The van der Waals surface area contributed by atoms with E-state index in [0.717, 1.165) is 0 Å². The molecule has 0 radical (unpaired) electrons. The Hall–Kier alpha value is -1.14. The van der Waals surface area contributed by atoms with E-state index in [2.05, 4.69) is 20.8 Å². The summed E-state index contributed by atoms with van der Waals surface area (Å²) >= 11 is 11.9. The van der Waals surface area contributed by atoms with Crippen LogP contribution in [-0.2, 0) is 14.0 Å². The van der Waals surface area contributed by atoms with Gasteiger partial charge in [-0.05, 0) is 48.0 Å². The average Bonchev–Trinajstić information content (AvgIpc) is 2.43. The number of carboxylic acid groups (broad SMARTS) is 1. The highest BCUT2D eigenvalue weighted by molar-refractivity contribution is 6.74. The van der Waals surface area contributed by atoms with Crippen LogP contribution in [0.5, 0.6) is 0 Å². The molecule has 0 saturated carbocycles. The SMILES string of the molecule is CC(C)(C)[Si](C)(C)OC(CC(=O)O)CC(=O)/C=C/c1ccc(Cl)cc1Cl. The van der Waals surface area contributed by atoms with E-state index in [1.165, 1.54) is 6.08 Å². The Balaban J connectivity index is 2.85. The minimum Gasteiger partial charge on any atom is -0.481 e. The van der Waals surface area contributed by atoms with Crippen LogP contribution in [0.3, 0.4) is 0 Å². The molecule has 4 nitrogen and oxygen atoms in total. The van der Waals surface area contributed by atoms with Gasteiger partial charge in [-0.3, -0.25) is 9.59 Å². The fourth-order valence-electron chi connectivity index (χ4n) is 2.06. The Morgan fingerprint density at radius 1 is 1.23 bits per heavy atom. The van der Waals surface area contributed by atoms with E-state index in [-0.39, 0.29) is 23.7 Å². The lowest BCUT2D eigenvalue weighted by molar-refractivity contribution is -0.139. The fraction of sp³-hybridized carbons (Fsp3) is 0.474. The third-order valence-electron chi connectivity index (χ3n) is 4.51. The van der Waals surface area contributed by atoms with Gasteiger partial charge in [-0.25, -0.2) is 0 Å². The Morgan fingerprint density at radius 3 is 2.35 bits per heavy atom. The van der Waals surface area contributed by atoms with Crippen molar-refractivity contribution >= 4 is 49.3 Å². The van der Waals surface area contributed by atoms with Gasteiger partial charge in [0.25, 0.3) is 0 Å². The van der Waals surface area contributed by atoms with Crippen LogP contribution in [0.2, 0.25) is 28.2 Å². The molecule has 144 valence electrons. The predicted molar refractivity (Wildman–Crippen MR) is 109 cm³/mol. The molecule has 1 aromatic carbocycles. The van der Waals surface area contributed by atoms with Crippen molar-refractivity contribution in [3.63, 3.8) is 0 Å². The molecule has 0 aliphatic rings. The summed E-state index contributed by atoms with van der Waals surface area (Å²) in [6.07, 6.45) is 2.17. The highest BCUT2D eigenvalue weighted by Gasteiger charge is 2.39. The number of aliphatic carboxylic acids is 1. The molecule has 0 aliphatic heterocycles. The average molecular weight is 417 g/mol. The summed E-state index contributed by atoms with van der Waals surface area (Å²) in [4.78, 5) is 23.5. The number of carbonyl (C=O) groups is 2. The minimum atomic E-state index is -2.18. The Morgan fingerprint density at radius 2 is 1.85 bits per heavy atom. The van der Waals surface area contributed by atoms with Gasteiger partial charge in [-0.1, -0.05) is 50.0 Å². The molecule has 0 spiro atoms. The Labute approximate surface area is 166 Å². The summed E-state index contributed by atoms with van der Waals surface area (Å²) in [5.74, 6) is -1.19. The molecular formula is C19H26Cl2O4Si. The molecule has 0 aromatic heterocycles. The molecule has 1 unspecified atom stereocenters. The number of hydrogen-bond donors (Lipinski definition) is 1. The lowest BCUT2D eigenvalue weighted by atomic mass is 10.1. The molecule has 7 heteroatoms. The van der Waals surface area contributed by atoms with Gasteiger partial charge in [0, 0.05) is 16.5 Å². The summed E-state index contributed by atoms with van der Waals surface area (Å²) in [5, 5.41) is 10.0. The van der Waals surface area contributed by atoms with E-state index < -0.39 is 20.4 Å². The van der Waals surface area contributed by atoms with Gasteiger partial charge in [0.05, 0.1) is 12.5 Å². The van der Waals surface area contributed by atoms with Gasteiger partial charge in [0.2, 0.25) is 0 Å². The van der Waals surface area contributed by atoms with Crippen LogP contribution in [0.1, 0.15) is 39.2 Å². The molecule has 26 heavy (non-hydrogen) atoms. The molecule has 1 atom stereocenters. The maximum absolute atomic E-state index is 12.3. The maximum Gasteiger partial charge on any atom is 0.305 e. The summed E-state index contributed by atoms with van der Waals surface area (Å²) in [6.45, 7) is 10.3. The molecule has 0 fully saturated rings. The second kappa shape index (κ2) is 9.18. The van der Waals surface area contributed by atoms with Gasteiger partial charge in [0.15, 0.2) is 14.1 Å². The standard InChI is InChI=1S/C19H26Cl2O4Si/c1-19(2,3)26(4,5)25-16(12-18(23)24)11-15(22)9-7-13-6-8-14(20)10-17(13)21/h6-10,16H,11-12H2,1-5H3,(H,23,24)/b9-7+. The quantitative estimate of drug-likeness (QED) is 0.427. The highest BCUT2D eigenvalue weighted by Crippen LogP contribution is 2.38. The maximum atomic E-state index is 12.3. The van der Waals surface area contributed by atoms with E-state index >= 15 is 0 Å². The van der Waals surface area contributed by atoms with Crippen LogP contribution in [0.15, 0.2) is 24.3 Å². The van der Waals surface area contributed by atoms with Crippen molar-refractivity contribution < 1.29 is 19.1 Å². The molecular weight excluding hydrogens is 391 g/mol. The van der Waals surface area contributed by atoms with Crippen molar-refractivity contribution in [3.05, 3.63) is 39.9 Å².